The molecule has 0 saturated heterocycles. The standard InChI is InChI=1S/C12H18ClN3S/c1-2-17-10-5-3-4-9(10)15-12-7-8(14)6-11(13)16-12/h6-7,9-10H,2-5H2,1H3,(H3,14,15,16). The highest BCUT2D eigenvalue weighted by Gasteiger charge is 2.27. The van der Waals surface area contributed by atoms with Gasteiger partial charge in [-0.1, -0.05) is 24.9 Å². The fourth-order valence-electron chi connectivity index (χ4n) is 2.29. The number of nitrogens with two attached hydrogens (primary N) is 1. The molecule has 3 N–H and O–H groups in total. The van der Waals surface area contributed by atoms with Crippen molar-refractivity contribution in [1.82, 2.24) is 4.98 Å². The molecule has 1 aromatic rings. The van der Waals surface area contributed by atoms with E-state index >= 15 is 0 Å². The molecule has 0 radical (unpaired) electrons. The van der Waals surface area contributed by atoms with E-state index in [4.69, 9.17) is 17.3 Å². The second-order valence-electron chi connectivity index (χ2n) is 4.28. The Hall–Kier alpha value is -0.610. The molecule has 0 amide bonds. The minimum absolute atomic E-state index is 0.449. The van der Waals surface area contributed by atoms with Crippen LogP contribution in [0.25, 0.3) is 0 Å². The summed E-state index contributed by atoms with van der Waals surface area (Å²) >= 11 is 7.92. The summed E-state index contributed by atoms with van der Waals surface area (Å²) in [4.78, 5) is 4.26. The zero-order valence-electron chi connectivity index (χ0n) is 9.95. The minimum Gasteiger partial charge on any atom is -0.399 e. The molecule has 1 aliphatic carbocycles. The van der Waals surface area contributed by atoms with Crippen LogP contribution in [0.1, 0.15) is 26.2 Å². The van der Waals surface area contributed by atoms with Crippen LogP contribution in [0.4, 0.5) is 11.5 Å². The molecule has 3 nitrogen and oxygen atoms in total. The minimum atomic E-state index is 0.449. The molecule has 1 fully saturated rings. The predicted octanol–water partition coefficient (Wildman–Crippen LogP) is 3.40. The monoisotopic (exact) mass is 271 g/mol. The van der Waals surface area contributed by atoms with E-state index in [-0.39, 0.29) is 0 Å². The van der Waals surface area contributed by atoms with E-state index in [1.807, 2.05) is 17.8 Å². The van der Waals surface area contributed by atoms with Crippen molar-refractivity contribution in [3.8, 4) is 0 Å². The molecule has 0 spiro atoms. The Morgan fingerprint density at radius 2 is 2.35 bits per heavy atom. The molecule has 1 aromatic heterocycles. The average Bonchev–Trinajstić information content (AvgIpc) is 2.65. The summed E-state index contributed by atoms with van der Waals surface area (Å²) in [7, 11) is 0. The zero-order chi connectivity index (χ0) is 12.3. The molecule has 0 bridgehead atoms. The molecule has 1 saturated carbocycles. The number of hydrogen-bond acceptors (Lipinski definition) is 4. The van der Waals surface area contributed by atoms with E-state index in [0.717, 1.165) is 11.6 Å². The number of nitrogens with one attached hydrogen (secondary N) is 1. The van der Waals surface area contributed by atoms with Gasteiger partial charge in [0.15, 0.2) is 0 Å². The van der Waals surface area contributed by atoms with Crippen molar-refractivity contribution < 1.29 is 0 Å². The van der Waals surface area contributed by atoms with E-state index in [9.17, 15) is 0 Å². The second-order valence-corrected chi connectivity index (χ2v) is 6.19. The summed E-state index contributed by atoms with van der Waals surface area (Å²) in [6.45, 7) is 2.20. The molecule has 5 heteroatoms. The van der Waals surface area contributed by atoms with Gasteiger partial charge in [-0.2, -0.15) is 11.8 Å². The summed E-state index contributed by atoms with van der Waals surface area (Å²) in [5.74, 6) is 1.96. The maximum absolute atomic E-state index is 5.90. The van der Waals surface area contributed by atoms with Gasteiger partial charge in [0.1, 0.15) is 11.0 Å². The fourth-order valence-corrected chi connectivity index (χ4v) is 3.70. The van der Waals surface area contributed by atoms with Crippen molar-refractivity contribution in [2.45, 2.75) is 37.5 Å². The lowest BCUT2D eigenvalue weighted by atomic mass is 10.2. The maximum Gasteiger partial charge on any atom is 0.133 e. The Bertz CT molecular complexity index is 366. The largest absolute Gasteiger partial charge is 0.399 e. The molecular formula is C12H18ClN3S. The average molecular weight is 272 g/mol. The van der Waals surface area contributed by atoms with Gasteiger partial charge in [-0.05, 0) is 24.7 Å². The summed E-state index contributed by atoms with van der Waals surface area (Å²) in [5.41, 5.74) is 6.41. The van der Waals surface area contributed by atoms with E-state index in [0.29, 0.717) is 22.1 Å². The zero-order valence-corrected chi connectivity index (χ0v) is 11.5. The number of pyridine rings is 1. The molecule has 0 aliphatic heterocycles. The Labute approximate surface area is 112 Å². The van der Waals surface area contributed by atoms with Crippen LogP contribution in [0.3, 0.4) is 0 Å². The Morgan fingerprint density at radius 3 is 3.06 bits per heavy atom. The quantitative estimate of drug-likeness (QED) is 0.824. The van der Waals surface area contributed by atoms with E-state index in [2.05, 4.69) is 17.2 Å². The first-order valence-electron chi connectivity index (χ1n) is 6.00. The van der Waals surface area contributed by atoms with Crippen molar-refractivity contribution in [3.63, 3.8) is 0 Å². The summed E-state index contributed by atoms with van der Waals surface area (Å²) in [6, 6.07) is 4.00. The Morgan fingerprint density at radius 1 is 1.53 bits per heavy atom. The van der Waals surface area contributed by atoms with Crippen LogP contribution >= 0.6 is 23.4 Å². The van der Waals surface area contributed by atoms with E-state index in [1.54, 1.807) is 6.07 Å². The fraction of sp³-hybridized carbons (Fsp3) is 0.583. The van der Waals surface area contributed by atoms with Crippen LogP contribution in [-0.2, 0) is 0 Å². The number of nitrogens with zero attached hydrogens (tertiary/aromatic N) is 1. The van der Waals surface area contributed by atoms with Crippen LogP contribution in [0.15, 0.2) is 12.1 Å². The van der Waals surface area contributed by atoms with E-state index < -0.39 is 0 Å². The normalized spacial score (nSPS) is 23.9. The number of rotatable bonds is 4. The lowest BCUT2D eigenvalue weighted by molar-refractivity contribution is 0.763. The van der Waals surface area contributed by atoms with Gasteiger partial charge in [0, 0.05) is 23.0 Å². The van der Waals surface area contributed by atoms with Crippen molar-refractivity contribution in [1.29, 1.82) is 0 Å². The lowest BCUT2D eigenvalue weighted by Gasteiger charge is -2.20. The SMILES string of the molecule is CCSC1CCCC1Nc1cc(N)cc(Cl)n1. The van der Waals surface area contributed by atoms with Gasteiger partial charge >= 0.3 is 0 Å². The maximum atomic E-state index is 5.90. The number of anilines is 2. The molecule has 2 atom stereocenters. The third kappa shape index (κ3) is 3.42. The molecular weight excluding hydrogens is 254 g/mol. The highest BCUT2D eigenvalue weighted by Crippen LogP contribution is 2.32. The van der Waals surface area contributed by atoms with Crippen LogP contribution in [0, 0.1) is 0 Å². The second kappa shape index (κ2) is 5.83. The molecule has 17 heavy (non-hydrogen) atoms. The van der Waals surface area contributed by atoms with Crippen molar-refractivity contribution in [3.05, 3.63) is 17.3 Å². The van der Waals surface area contributed by atoms with Gasteiger partial charge < -0.3 is 11.1 Å². The number of thioether (sulfide) groups is 1. The van der Waals surface area contributed by atoms with Gasteiger partial charge in [-0.15, -0.1) is 0 Å². The third-order valence-electron chi connectivity index (χ3n) is 2.98. The van der Waals surface area contributed by atoms with Crippen LogP contribution < -0.4 is 11.1 Å². The first-order valence-corrected chi connectivity index (χ1v) is 7.43. The van der Waals surface area contributed by atoms with Crippen LogP contribution in [0.2, 0.25) is 5.15 Å². The molecule has 0 aromatic carbocycles. The van der Waals surface area contributed by atoms with Crippen molar-refractivity contribution in [2.75, 3.05) is 16.8 Å². The predicted molar refractivity (Wildman–Crippen MR) is 76.8 cm³/mol. The highest BCUT2D eigenvalue weighted by molar-refractivity contribution is 7.99. The topological polar surface area (TPSA) is 50.9 Å². The van der Waals surface area contributed by atoms with Gasteiger partial charge in [0.2, 0.25) is 0 Å². The number of aromatic nitrogens is 1. The van der Waals surface area contributed by atoms with Crippen molar-refractivity contribution >= 4 is 34.9 Å². The summed E-state index contributed by atoms with van der Waals surface area (Å²) in [5, 5.41) is 4.59. The van der Waals surface area contributed by atoms with Gasteiger partial charge in [0.05, 0.1) is 0 Å². The molecule has 94 valence electrons. The Kier molecular flexibility index (Phi) is 4.40. The number of halogens is 1. The molecule has 1 heterocycles. The smallest absolute Gasteiger partial charge is 0.133 e. The van der Waals surface area contributed by atoms with Crippen LogP contribution in [-0.4, -0.2) is 22.0 Å². The van der Waals surface area contributed by atoms with Crippen LogP contribution in [0.5, 0.6) is 0 Å². The van der Waals surface area contributed by atoms with Gasteiger partial charge in [0.25, 0.3) is 0 Å². The number of hydrogen-bond donors (Lipinski definition) is 2. The van der Waals surface area contributed by atoms with Gasteiger partial charge in [-0.25, -0.2) is 4.98 Å². The summed E-state index contributed by atoms with van der Waals surface area (Å²) < 4.78 is 0. The first-order chi connectivity index (χ1) is 8.19. The molecule has 1 aliphatic rings. The lowest BCUT2D eigenvalue weighted by Crippen LogP contribution is -2.26. The van der Waals surface area contributed by atoms with Crippen molar-refractivity contribution in [2.24, 2.45) is 0 Å². The van der Waals surface area contributed by atoms with E-state index in [1.165, 1.54) is 19.3 Å². The first kappa shape index (κ1) is 12.8. The van der Waals surface area contributed by atoms with Gasteiger partial charge in [-0.3, -0.25) is 0 Å². The highest BCUT2D eigenvalue weighted by atomic mass is 35.5. The third-order valence-corrected chi connectivity index (χ3v) is 4.50. The summed E-state index contributed by atoms with van der Waals surface area (Å²) in [6.07, 6.45) is 3.77. The Balaban J connectivity index is 2.04. The molecule has 2 unspecified atom stereocenters. The number of nitrogen functional groups attached to an aromatic ring is 1. The molecule has 2 rings (SSSR count).